The van der Waals surface area contributed by atoms with Crippen LogP contribution in [0.3, 0.4) is 0 Å². The van der Waals surface area contributed by atoms with Gasteiger partial charge in [-0.2, -0.15) is 0 Å². The van der Waals surface area contributed by atoms with Gasteiger partial charge < -0.3 is 0 Å². The van der Waals surface area contributed by atoms with Crippen molar-refractivity contribution in [2.75, 3.05) is 5.75 Å². The Morgan fingerprint density at radius 2 is 1.61 bits per heavy atom. The van der Waals surface area contributed by atoms with E-state index >= 15 is 0 Å². The van der Waals surface area contributed by atoms with Crippen molar-refractivity contribution in [2.45, 2.75) is 28.0 Å². The molecule has 0 aliphatic heterocycles. The van der Waals surface area contributed by atoms with Gasteiger partial charge in [-0.15, -0.1) is 0 Å². The van der Waals surface area contributed by atoms with E-state index in [9.17, 15) is 8.42 Å². The van der Waals surface area contributed by atoms with Crippen LogP contribution in [0.1, 0.15) is 19.3 Å². The molecule has 0 heterocycles. The molecule has 0 saturated carbocycles. The number of unbranched alkanes of at least 4 members (excludes halogenated alkanes) is 1. The molecular formula is C11H12Cl3IO2S. The molecule has 0 radical (unpaired) electrons. The van der Waals surface area contributed by atoms with Crippen LogP contribution in [0.2, 0.25) is 0 Å². The topological polar surface area (TPSA) is 34.1 Å². The maximum atomic E-state index is 12.0. The smallest absolute Gasteiger partial charge is 0.190 e. The number of rotatable bonds is 5. The second-order valence-corrected chi connectivity index (χ2v) is 9.72. The summed E-state index contributed by atoms with van der Waals surface area (Å²) in [7, 11) is -3.23. The summed E-state index contributed by atoms with van der Waals surface area (Å²) in [5, 5.41) is 0. The van der Waals surface area contributed by atoms with Gasteiger partial charge in [0.1, 0.15) is 0 Å². The molecule has 7 heteroatoms. The van der Waals surface area contributed by atoms with Crippen molar-refractivity contribution in [2.24, 2.45) is 0 Å². The first-order valence-corrected chi connectivity index (χ1v) is 9.12. The molecule has 0 bridgehead atoms. The van der Waals surface area contributed by atoms with Gasteiger partial charge in [-0.05, 0) is 66.1 Å². The summed E-state index contributed by atoms with van der Waals surface area (Å²) in [5.74, 6) is 0.0777. The fourth-order valence-corrected chi connectivity index (χ4v) is 3.51. The predicted octanol–water partition coefficient (Wildman–Crippen LogP) is 4.61. The molecule has 0 fully saturated rings. The zero-order valence-electron chi connectivity index (χ0n) is 9.37. The standard InChI is InChI=1S/C11H12Cl3IO2S/c12-11(13,14)7-1-2-8-18(16,17)10-5-3-9(15)4-6-10/h3-6H,1-2,7-8H2. The van der Waals surface area contributed by atoms with Gasteiger partial charge in [-0.1, -0.05) is 34.8 Å². The molecule has 1 aromatic rings. The van der Waals surface area contributed by atoms with Crippen LogP contribution in [-0.4, -0.2) is 18.0 Å². The van der Waals surface area contributed by atoms with Gasteiger partial charge in [0.25, 0.3) is 0 Å². The highest BCUT2D eigenvalue weighted by Crippen LogP contribution is 2.32. The maximum Gasteiger partial charge on any atom is 0.190 e. The van der Waals surface area contributed by atoms with Crippen molar-refractivity contribution in [3.8, 4) is 0 Å². The van der Waals surface area contributed by atoms with E-state index in [2.05, 4.69) is 22.6 Å². The molecular weight excluding hydrogens is 429 g/mol. The minimum Gasteiger partial charge on any atom is -0.224 e. The van der Waals surface area contributed by atoms with Gasteiger partial charge >= 0.3 is 0 Å². The van der Waals surface area contributed by atoms with E-state index in [0.29, 0.717) is 24.2 Å². The average Bonchev–Trinajstić information content (AvgIpc) is 2.24. The minimum atomic E-state index is -3.23. The first-order chi connectivity index (χ1) is 8.21. The van der Waals surface area contributed by atoms with Crippen LogP contribution in [0.5, 0.6) is 0 Å². The molecule has 0 atom stereocenters. The normalized spacial score (nSPS) is 12.7. The Hall–Kier alpha value is 0.770. The Morgan fingerprint density at radius 3 is 2.11 bits per heavy atom. The van der Waals surface area contributed by atoms with Crippen molar-refractivity contribution < 1.29 is 8.42 Å². The average molecular weight is 442 g/mol. The molecule has 0 unspecified atom stereocenters. The van der Waals surface area contributed by atoms with Gasteiger partial charge in [0.2, 0.25) is 0 Å². The first kappa shape index (κ1) is 16.8. The van der Waals surface area contributed by atoms with Gasteiger partial charge in [-0.25, -0.2) is 8.42 Å². The molecule has 2 nitrogen and oxygen atoms in total. The third kappa shape index (κ3) is 6.28. The van der Waals surface area contributed by atoms with E-state index < -0.39 is 13.6 Å². The molecule has 0 aliphatic carbocycles. The SMILES string of the molecule is O=S(=O)(CCCCC(Cl)(Cl)Cl)c1ccc(I)cc1. The molecule has 0 N–H and O–H groups in total. The number of hydrogen-bond acceptors (Lipinski definition) is 2. The molecule has 1 rings (SSSR count). The predicted molar refractivity (Wildman–Crippen MR) is 85.4 cm³/mol. The second-order valence-electron chi connectivity index (χ2n) is 3.85. The highest BCUT2D eigenvalue weighted by Gasteiger charge is 2.20. The summed E-state index contributed by atoms with van der Waals surface area (Å²) in [6.45, 7) is 0. The fraction of sp³-hybridized carbons (Fsp3) is 0.455. The zero-order valence-corrected chi connectivity index (χ0v) is 14.6. The Kier molecular flexibility index (Phi) is 6.52. The minimum absolute atomic E-state index is 0.0777. The van der Waals surface area contributed by atoms with Crippen LogP contribution >= 0.6 is 57.4 Å². The number of halogens is 4. The van der Waals surface area contributed by atoms with Gasteiger partial charge in [0.15, 0.2) is 13.6 Å². The van der Waals surface area contributed by atoms with E-state index in [1.807, 2.05) is 0 Å². The summed E-state index contributed by atoms with van der Waals surface area (Å²) in [6.07, 6.45) is 1.42. The molecule has 0 saturated heterocycles. The summed E-state index contributed by atoms with van der Waals surface area (Å²) >= 11 is 18.9. The number of sulfone groups is 1. The van der Waals surface area contributed by atoms with E-state index in [4.69, 9.17) is 34.8 Å². The van der Waals surface area contributed by atoms with Crippen molar-refractivity contribution in [1.82, 2.24) is 0 Å². The monoisotopic (exact) mass is 440 g/mol. The van der Waals surface area contributed by atoms with Crippen LogP contribution in [0.15, 0.2) is 29.2 Å². The summed E-state index contributed by atoms with van der Waals surface area (Å²) in [4.78, 5) is 0.344. The molecule has 18 heavy (non-hydrogen) atoms. The highest BCUT2D eigenvalue weighted by molar-refractivity contribution is 14.1. The van der Waals surface area contributed by atoms with Crippen molar-refractivity contribution in [1.29, 1.82) is 0 Å². The van der Waals surface area contributed by atoms with Crippen molar-refractivity contribution >= 4 is 67.2 Å². The lowest BCUT2D eigenvalue weighted by Crippen LogP contribution is -2.08. The van der Waals surface area contributed by atoms with E-state index in [1.165, 1.54) is 0 Å². The lowest BCUT2D eigenvalue weighted by Gasteiger charge is -2.10. The number of benzene rings is 1. The van der Waals surface area contributed by atoms with Gasteiger partial charge in [-0.3, -0.25) is 0 Å². The largest absolute Gasteiger partial charge is 0.224 e. The third-order valence-corrected chi connectivity index (χ3v) is 5.40. The van der Waals surface area contributed by atoms with Crippen molar-refractivity contribution in [3.05, 3.63) is 27.8 Å². The fourth-order valence-electron chi connectivity index (χ4n) is 1.38. The van der Waals surface area contributed by atoms with Gasteiger partial charge in [0, 0.05) is 3.57 Å². The quantitative estimate of drug-likeness (QED) is 0.380. The maximum absolute atomic E-state index is 12.0. The van der Waals surface area contributed by atoms with Crippen LogP contribution in [0.4, 0.5) is 0 Å². The van der Waals surface area contributed by atoms with Crippen LogP contribution < -0.4 is 0 Å². The molecule has 0 spiro atoms. The molecule has 0 amide bonds. The van der Waals surface area contributed by atoms with E-state index in [-0.39, 0.29) is 5.75 Å². The Labute approximate surface area is 136 Å². The summed E-state index contributed by atoms with van der Waals surface area (Å²) < 4.78 is 23.6. The molecule has 102 valence electrons. The Balaban J connectivity index is 2.53. The second kappa shape index (κ2) is 6.97. The zero-order chi connectivity index (χ0) is 13.8. The lowest BCUT2D eigenvalue weighted by molar-refractivity contribution is 0.590. The van der Waals surface area contributed by atoms with Crippen LogP contribution in [0, 0.1) is 3.57 Å². The van der Waals surface area contributed by atoms with Crippen LogP contribution in [-0.2, 0) is 9.84 Å². The number of alkyl halides is 3. The Morgan fingerprint density at radius 1 is 1.06 bits per heavy atom. The first-order valence-electron chi connectivity index (χ1n) is 5.26. The summed E-state index contributed by atoms with van der Waals surface area (Å²) in [6, 6.07) is 6.78. The lowest BCUT2D eigenvalue weighted by atomic mass is 10.3. The van der Waals surface area contributed by atoms with Crippen LogP contribution in [0.25, 0.3) is 0 Å². The number of hydrogen-bond donors (Lipinski definition) is 0. The molecule has 1 aromatic carbocycles. The van der Waals surface area contributed by atoms with E-state index in [1.54, 1.807) is 24.3 Å². The molecule has 0 aromatic heterocycles. The summed E-state index contributed by atoms with van der Waals surface area (Å²) in [5.41, 5.74) is 0. The highest BCUT2D eigenvalue weighted by atomic mass is 127. The van der Waals surface area contributed by atoms with Crippen molar-refractivity contribution in [3.63, 3.8) is 0 Å². The van der Waals surface area contributed by atoms with Gasteiger partial charge in [0.05, 0.1) is 10.6 Å². The third-order valence-electron chi connectivity index (χ3n) is 2.30. The Bertz CT molecular complexity index is 480. The molecule has 0 aliphatic rings. The van der Waals surface area contributed by atoms with E-state index in [0.717, 1.165) is 3.57 Å².